The summed E-state index contributed by atoms with van der Waals surface area (Å²) in [6, 6.07) is 7.43. The summed E-state index contributed by atoms with van der Waals surface area (Å²) in [5.41, 5.74) is 4.41. The SMILES string of the molecule is COc1ccccc1C(NN)c1cnccn1. The van der Waals surface area contributed by atoms with E-state index in [1.165, 1.54) is 0 Å². The van der Waals surface area contributed by atoms with E-state index in [9.17, 15) is 0 Å². The van der Waals surface area contributed by atoms with Crippen molar-refractivity contribution in [2.75, 3.05) is 7.11 Å². The lowest BCUT2D eigenvalue weighted by Gasteiger charge is -2.17. The lowest BCUT2D eigenvalue weighted by molar-refractivity contribution is 0.403. The highest BCUT2D eigenvalue weighted by Crippen LogP contribution is 2.27. The Morgan fingerprint density at radius 3 is 2.76 bits per heavy atom. The average molecular weight is 230 g/mol. The largest absolute Gasteiger partial charge is 0.496 e. The van der Waals surface area contributed by atoms with Crippen LogP contribution in [0.25, 0.3) is 0 Å². The minimum atomic E-state index is -0.236. The van der Waals surface area contributed by atoms with Crippen LogP contribution >= 0.6 is 0 Å². The van der Waals surface area contributed by atoms with Gasteiger partial charge in [0.15, 0.2) is 0 Å². The second-order valence-corrected chi connectivity index (χ2v) is 3.47. The number of para-hydroxylation sites is 1. The summed E-state index contributed by atoms with van der Waals surface area (Å²) in [6.07, 6.45) is 4.94. The number of benzene rings is 1. The maximum Gasteiger partial charge on any atom is 0.124 e. The molecule has 0 radical (unpaired) electrons. The van der Waals surface area contributed by atoms with E-state index in [1.807, 2.05) is 24.3 Å². The van der Waals surface area contributed by atoms with Crippen LogP contribution in [0.3, 0.4) is 0 Å². The van der Waals surface area contributed by atoms with E-state index in [-0.39, 0.29) is 6.04 Å². The molecule has 0 saturated carbocycles. The van der Waals surface area contributed by atoms with Gasteiger partial charge in [0.25, 0.3) is 0 Å². The van der Waals surface area contributed by atoms with Gasteiger partial charge in [0.2, 0.25) is 0 Å². The highest BCUT2D eigenvalue weighted by molar-refractivity contribution is 5.39. The van der Waals surface area contributed by atoms with Crippen LogP contribution in [0, 0.1) is 0 Å². The fourth-order valence-corrected chi connectivity index (χ4v) is 1.70. The fraction of sp³-hybridized carbons (Fsp3) is 0.167. The zero-order chi connectivity index (χ0) is 12.1. The molecule has 0 amide bonds. The van der Waals surface area contributed by atoms with Gasteiger partial charge in [0, 0.05) is 18.0 Å². The first-order chi connectivity index (χ1) is 8.36. The first-order valence-electron chi connectivity index (χ1n) is 5.21. The van der Waals surface area contributed by atoms with Crippen molar-refractivity contribution in [3.8, 4) is 5.75 Å². The van der Waals surface area contributed by atoms with Gasteiger partial charge in [-0.05, 0) is 6.07 Å². The minimum absolute atomic E-state index is 0.236. The Balaban J connectivity index is 2.42. The summed E-state index contributed by atoms with van der Waals surface area (Å²) >= 11 is 0. The highest BCUT2D eigenvalue weighted by atomic mass is 16.5. The maximum atomic E-state index is 5.59. The molecule has 88 valence electrons. The van der Waals surface area contributed by atoms with Gasteiger partial charge in [-0.1, -0.05) is 18.2 Å². The normalized spacial score (nSPS) is 12.1. The molecule has 0 aliphatic rings. The van der Waals surface area contributed by atoms with Crippen LogP contribution in [0.15, 0.2) is 42.9 Å². The Kier molecular flexibility index (Phi) is 3.64. The molecule has 2 aromatic rings. The summed E-state index contributed by atoms with van der Waals surface area (Å²) in [7, 11) is 1.63. The molecule has 3 N–H and O–H groups in total. The molecule has 1 atom stereocenters. The molecule has 1 unspecified atom stereocenters. The van der Waals surface area contributed by atoms with Gasteiger partial charge in [-0.3, -0.25) is 15.8 Å². The number of hydrogen-bond donors (Lipinski definition) is 2. The van der Waals surface area contributed by atoms with E-state index >= 15 is 0 Å². The van der Waals surface area contributed by atoms with Gasteiger partial charge < -0.3 is 4.74 Å². The summed E-state index contributed by atoms with van der Waals surface area (Å²) < 4.78 is 5.31. The number of aromatic nitrogens is 2. The van der Waals surface area contributed by atoms with Gasteiger partial charge in [-0.2, -0.15) is 0 Å². The second kappa shape index (κ2) is 5.38. The average Bonchev–Trinajstić information content (AvgIpc) is 2.41. The Bertz CT molecular complexity index is 475. The first-order valence-corrected chi connectivity index (χ1v) is 5.21. The monoisotopic (exact) mass is 230 g/mol. The minimum Gasteiger partial charge on any atom is -0.496 e. The van der Waals surface area contributed by atoms with Gasteiger partial charge in [-0.15, -0.1) is 0 Å². The standard InChI is InChI=1S/C12H14N4O/c1-17-11-5-3-2-4-9(11)12(16-13)10-8-14-6-7-15-10/h2-8,12,16H,13H2,1H3. The number of methoxy groups -OCH3 is 1. The molecule has 1 aromatic carbocycles. The van der Waals surface area contributed by atoms with Crippen LogP contribution in [0.5, 0.6) is 5.75 Å². The fourth-order valence-electron chi connectivity index (χ4n) is 1.70. The topological polar surface area (TPSA) is 73.1 Å². The molecule has 2 rings (SSSR count). The second-order valence-electron chi connectivity index (χ2n) is 3.47. The van der Waals surface area contributed by atoms with E-state index in [2.05, 4.69) is 15.4 Å². The Hall–Kier alpha value is -1.98. The highest BCUT2D eigenvalue weighted by Gasteiger charge is 2.17. The predicted octanol–water partition coefficient (Wildman–Crippen LogP) is 1.04. The maximum absolute atomic E-state index is 5.59. The number of nitrogens with zero attached hydrogens (tertiary/aromatic N) is 2. The van der Waals surface area contributed by atoms with Gasteiger partial charge in [-0.25, -0.2) is 5.43 Å². The van der Waals surface area contributed by atoms with Crippen LogP contribution in [-0.2, 0) is 0 Å². The van der Waals surface area contributed by atoms with Crippen molar-refractivity contribution < 1.29 is 4.74 Å². The number of ether oxygens (including phenoxy) is 1. The van der Waals surface area contributed by atoms with Crippen molar-refractivity contribution in [2.24, 2.45) is 5.84 Å². The molecular weight excluding hydrogens is 216 g/mol. The molecule has 0 bridgehead atoms. The van der Waals surface area contributed by atoms with Crippen molar-refractivity contribution in [1.82, 2.24) is 15.4 Å². The van der Waals surface area contributed by atoms with E-state index in [4.69, 9.17) is 10.6 Å². The van der Waals surface area contributed by atoms with Gasteiger partial charge in [0.1, 0.15) is 5.75 Å². The molecule has 5 nitrogen and oxygen atoms in total. The summed E-state index contributed by atoms with van der Waals surface area (Å²) in [4.78, 5) is 8.28. The third-order valence-corrected chi connectivity index (χ3v) is 2.50. The summed E-state index contributed by atoms with van der Waals surface area (Å²) in [5.74, 6) is 6.35. The zero-order valence-electron chi connectivity index (χ0n) is 9.50. The summed E-state index contributed by atoms with van der Waals surface area (Å²) in [6.45, 7) is 0. The van der Waals surface area contributed by atoms with Crippen molar-refractivity contribution >= 4 is 0 Å². The lowest BCUT2D eigenvalue weighted by Crippen LogP contribution is -2.29. The van der Waals surface area contributed by atoms with E-state index in [1.54, 1.807) is 25.7 Å². The summed E-state index contributed by atoms with van der Waals surface area (Å²) in [5, 5.41) is 0. The molecule has 5 heteroatoms. The Morgan fingerprint density at radius 1 is 1.29 bits per heavy atom. The first kappa shape index (κ1) is 11.5. The van der Waals surface area contributed by atoms with Crippen molar-refractivity contribution in [3.63, 3.8) is 0 Å². The molecule has 0 aliphatic carbocycles. The van der Waals surface area contributed by atoms with Crippen molar-refractivity contribution in [1.29, 1.82) is 0 Å². The smallest absolute Gasteiger partial charge is 0.124 e. The molecule has 1 heterocycles. The zero-order valence-corrected chi connectivity index (χ0v) is 9.50. The molecule has 0 aliphatic heterocycles. The van der Waals surface area contributed by atoms with Crippen molar-refractivity contribution in [3.05, 3.63) is 54.1 Å². The molecular formula is C12H14N4O. The van der Waals surface area contributed by atoms with Crippen LogP contribution in [0.2, 0.25) is 0 Å². The van der Waals surface area contributed by atoms with E-state index in [0.717, 1.165) is 17.0 Å². The van der Waals surface area contributed by atoms with Crippen molar-refractivity contribution in [2.45, 2.75) is 6.04 Å². The molecule has 17 heavy (non-hydrogen) atoms. The molecule has 0 saturated heterocycles. The number of hydrogen-bond acceptors (Lipinski definition) is 5. The van der Waals surface area contributed by atoms with E-state index < -0.39 is 0 Å². The third-order valence-electron chi connectivity index (χ3n) is 2.50. The van der Waals surface area contributed by atoms with Crippen LogP contribution in [0.4, 0.5) is 0 Å². The number of nitrogens with two attached hydrogens (primary N) is 1. The van der Waals surface area contributed by atoms with Gasteiger partial charge in [0.05, 0.1) is 25.0 Å². The number of rotatable bonds is 4. The molecule has 0 spiro atoms. The van der Waals surface area contributed by atoms with Crippen LogP contribution in [0.1, 0.15) is 17.3 Å². The Labute approximate surface area is 99.6 Å². The predicted molar refractivity (Wildman–Crippen MR) is 64.2 cm³/mol. The number of nitrogens with one attached hydrogen (secondary N) is 1. The van der Waals surface area contributed by atoms with Gasteiger partial charge >= 0.3 is 0 Å². The number of hydrazine groups is 1. The quantitative estimate of drug-likeness (QED) is 0.606. The third kappa shape index (κ3) is 2.41. The van der Waals surface area contributed by atoms with Crippen LogP contribution < -0.4 is 16.0 Å². The lowest BCUT2D eigenvalue weighted by atomic mass is 10.0. The van der Waals surface area contributed by atoms with Crippen LogP contribution in [-0.4, -0.2) is 17.1 Å². The Morgan fingerprint density at radius 2 is 2.12 bits per heavy atom. The molecule has 0 fully saturated rings. The molecule has 1 aromatic heterocycles. The van der Waals surface area contributed by atoms with E-state index in [0.29, 0.717) is 0 Å².